The predicted octanol–water partition coefficient (Wildman–Crippen LogP) is 1.51. The number of nitrogens with zero attached hydrogens (tertiary/aromatic N) is 1. The van der Waals surface area contributed by atoms with E-state index in [1.807, 2.05) is 13.8 Å². The Hall–Kier alpha value is -1.10. The lowest BCUT2D eigenvalue weighted by atomic mass is 9.93. The monoisotopic (exact) mass is 257 g/mol. The van der Waals surface area contributed by atoms with Crippen LogP contribution in [0.3, 0.4) is 0 Å². The number of rotatable bonds is 5. The SMILES string of the molecule is COC(C)CCC(=O)N1CC(C(=O)O)CCC1C. The quantitative estimate of drug-likeness (QED) is 0.810. The molecule has 0 aliphatic carbocycles. The number of amides is 1. The molecule has 0 bridgehead atoms. The van der Waals surface area contributed by atoms with Gasteiger partial charge in [-0.05, 0) is 33.1 Å². The van der Waals surface area contributed by atoms with Crippen LogP contribution in [0.4, 0.5) is 0 Å². The van der Waals surface area contributed by atoms with Crippen molar-refractivity contribution in [2.45, 2.75) is 51.7 Å². The molecule has 3 unspecified atom stereocenters. The zero-order chi connectivity index (χ0) is 13.7. The van der Waals surface area contributed by atoms with E-state index in [-0.39, 0.29) is 18.1 Å². The Morgan fingerprint density at radius 2 is 2.11 bits per heavy atom. The summed E-state index contributed by atoms with van der Waals surface area (Å²) in [5.41, 5.74) is 0. The van der Waals surface area contributed by atoms with E-state index >= 15 is 0 Å². The number of hydrogen-bond acceptors (Lipinski definition) is 3. The van der Waals surface area contributed by atoms with E-state index in [9.17, 15) is 9.59 Å². The van der Waals surface area contributed by atoms with Crippen molar-refractivity contribution >= 4 is 11.9 Å². The van der Waals surface area contributed by atoms with Crippen molar-refractivity contribution in [3.05, 3.63) is 0 Å². The van der Waals surface area contributed by atoms with E-state index in [0.717, 1.165) is 6.42 Å². The van der Waals surface area contributed by atoms with Crippen LogP contribution in [0.1, 0.15) is 39.5 Å². The van der Waals surface area contributed by atoms with Crippen molar-refractivity contribution in [3.63, 3.8) is 0 Å². The highest BCUT2D eigenvalue weighted by atomic mass is 16.5. The van der Waals surface area contributed by atoms with Gasteiger partial charge in [0.15, 0.2) is 0 Å². The summed E-state index contributed by atoms with van der Waals surface area (Å²) < 4.78 is 5.11. The highest BCUT2D eigenvalue weighted by Crippen LogP contribution is 2.23. The van der Waals surface area contributed by atoms with E-state index in [0.29, 0.717) is 25.8 Å². The summed E-state index contributed by atoms with van der Waals surface area (Å²) >= 11 is 0. The lowest BCUT2D eigenvalue weighted by Crippen LogP contribution is -2.47. The van der Waals surface area contributed by atoms with E-state index in [2.05, 4.69) is 0 Å². The van der Waals surface area contributed by atoms with Gasteiger partial charge in [0.05, 0.1) is 12.0 Å². The first kappa shape index (κ1) is 15.0. The average molecular weight is 257 g/mol. The maximum Gasteiger partial charge on any atom is 0.308 e. The van der Waals surface area contributed by atoms with Crippen LogP contribution >= 0.6 is 0 Å². The van der Waals surface area contributed by atoms with Crippen molar-refractivity contribution in [1.29, 1.82) is 0 Å². The molecular weight excluding hydrogens is 234 g/mol. The van der Waals surface area contributed by atoms with Gasteiger partial charge < -0.3 is 14.7 Å². The molecule has 1 aliphatic rings. The van der Waals surface area contributed by atoms with Gasteiger partial charge in [-0.1, -0.05) is 0 Å². The molecule has 1 N–H and O–H groups in total. The molecule has 0 aromatic rings. The minimum atomic E-state index is -0.801. The van der Waals surface area contributed by atoms with Gasteiger partial charge in [-0.15, -0.1) is 0 Å². The summed E-state index contributed by atoms with van der Waals surface area (Å²) in [7, 11) is 1.62. The van der Waals surface area contributed by atoms with Gasteiger partial charge in [-0.25, -0.2) is 0 Å². The number of carbonyl (C=O) groups excluding carboxylic acids is 1. The van der Waals surface area contributed by atoms with Gasteiger partial charge in [0.25, 0.3) is 0 Å². The van der Waals surface area contributed by atoms with Gasteiger partial charge in [-0.3, -0.25) is 9.59 Å². The molecule has 3 atom stereocenters. The molecule has 1 saturated heterocycles. The Bertz CT molecular complexity index is 305. The van der Waals surface area contributed by atoms with Gasteiger partial charge in [0.2, 0.25) is 5.91 Å². The summed E-state index contributed by atoms with van der Waals surface area (Å²) in [6.45, 7) is 4.25. The number of hydrogen-bond donors (Lipinski definition) is 1. The standard InChI is InChI=1S/C13H23NO4/c1-9-4-6-11(13(16)17)8-14(9)12(15)7-5-10(2)18-3/h9-11H,4-8H2,1-3H3,(H,16,17). The number of ether oxygens (including phenoxy) is 1. The van der Waals surface area contributed by atoms with Crippen LogP contribution in [0.15, 0.2) is 0 Å². The molecule has 1 amide bonds. The lowest BCUT2D eigenvalue weighted by Gasteiger charge is -2.36. The van der Waals surface area contributed by atoms with Gasteiger partial charge >= 0.3 is 5.97 Å². The number of carbonyl (C=O) groups is 2. The third kappa shape index (κ3) is 3.98. The number of aliphatic carboxylic acids is 1. The summed E-state index contributed by atoms with van der Waals surface area (Å²) in [4.78, 5) is 24.8. The predicted molar refractivity (Wildman–Crippen MR) is 67.2 cm³/mol. The zero-order valence-electron chi connectivity index (χ0n) is 11.4. The molecule has 5 nitrogen and oxygen atoms in total. The number of piperidine rings is 1. The van der Waals surface area contributed by atoms with Crippen molar-refractivity contribution in [1.82, 2.24) is 4.90 Å². The molecule has 1 aliphatic heterocycles. The van der Waals surface area contributed by atoms with Crippen LogP contribution in [-0.2, 0) is 14.3 Å². The van der Waals surface area contributed by atoms with E-state index in [1.54, 1.807) is 12.0 Å². The fourth-order valence-corrected chi connectivity index (χ4v) is 2.24. The van der Waals surface area contributed by atoms with Crippen molar-refractivity contribution < 1.29 is 19.4 Å². The van der Waals surface area contributed by atoms with E-state index < -0.39 is 11.9 Å². The van der Waals surface area contributed by atoms with Crippen LogP contribution in [0.25, 0.3) is 0 Å². The first-order valence-corrected chi connectivity index (χ1v) is 6.50. The topological polar surface area (TPSA) is 66.8 Å². The first-order chi connectivity index (χ1) is 8.45. The second-order valence-corrected chi connectivity index (χ2v) is 5.09. The molecule has 1 rings (SSSR count). The van der Waals surface area contributed by atoms with E-state index in [4.69, 9.17) is 9.84 Å². The second-order valence-electron chi connectivity index (χ2n) is 5.09. The third-order valence-electron chi connectivity index (χ3n) is 3.72. The highest BCUT2D eigenvalue weighted by molar-refractivity contribution is 5.78. The van der Waals surface area contributed by atoms with Gasteiger partial charge in [-0.2, -0.15) is 0 Å². The lowest BCUT2D eigenvalue weighted by molar-refractivity contribution is -0.147. The summed E-state index contributed by atoms with van der Waals surface area (Å²) in [5, 5.41) is 9.02. The molecule has 0 radical (unpaired) electrons. The van der Waals surface area contributed by atoms with Crippen molar-refractivity contribution in [3.8, 4) is 0 Å². The largest absolute Gasteiger partial charge is 0.481 e. The maximum atomic E-state index is 12.1. The second kappa shape index (κ2) is 6.73. The summed E-state index contributed by atoms with van der Waals surface area (Å²) in [6.07, 6.45) is 2.59. The van der Waals surface area contributed by atoms with Crippen LogP contribution in [0, 0.1) is 5.92 Å². The summed E-state index contributed by atoms with van der Waals surface area (Å²) in [5.74, 6) is -1.17. The van der Waals surface area contributed by atoms with Crippen molar-refractivity contribution in [2.75, 3.05) is 13.7 Å². The highest BCUT2D eigenvalue weighted by Gasteiger charge is 2.32. The smallest absolute Gasteiger partial charge is 0.308 e. The Kier molecular flexibility index (Phi) is 5.59. The molecule has 1 heterocycles. The van der Waals surface area contributed by atoms with Crippen LogP contribution in [0.2, 0.25) is 0 Å². The Labute approximate surface area is 108 Å². The Balaban J connectivity index is 2.51. The summed E-state index contributed by atoms with van der Waals surface area (Å²) in [6, 6.07) is 0.144. The van der Waals surface area contributed by atoms with Gasteiger partial charge in [0.1, 0.15) is 0 Å². The Morgan fingerprint density at radius 1 is 1.44 bits per heavy atom. The minimum Gasteiger partial charge on any atom is -0.481 e. The normalized spacial score (nSPS) is 25.8. The molecule has 5 heteroatoms. The molecule has 0 spiro atoms. The Morgan fingerprint density at radius 3 is 2.67 bits per heavy atom. The molecule has 1 fully saturated rings. The number of carboxylic acid groups (broad SMARTS) is 1. The number of carboxylic acids is 1. The van der Waals surface area contributed by atoms with Crippen LogP contribution in [0.5, 0.6) is 0 Å². The van der Waals surface area contributed by atoms with Crippen LogP contribution < -0.4 is 0 Å². The zero-order valence-corrected chi connectivity index (χ0v) is 11.4. The first-order valence-electron chi connectivity index (χ1n) is 6.50. The maximum absolute atomic E-state index is 12.1. The molecule has 0 aromatic carbocycles. The fraction of sp³-hybridized carbons (Fsp3) is 0.846. The fourth-order valence-electron chi connectivity index (χ4n) is 2.24. The average Bonchev–Trinajstić information content (AvgIpc) is 2.35. The molecular formula is C13H23NO4. The molecule has 0 saturated carbocycles. The molecule has 18 heavy (non-hydrogen) atoms. The molecule has 0 aromatic heterocycles. The van der Waals surface area contributed by atoms with Gasteiger partial charge in [0, 0.05) is 26.1 Å². The minimum absolute atomic E-state index is 0.0392. The van der Waals surface area contributed by atoms with Crippen LogP contribution in [-0.4, -0.2) is 47.7 Å². The number of methoxy groups -OCH3 is 1. The van der Waals surface area contributed by atoms with Crippen molar-refractivity contribution in [2.24, 2.45) is 5.92 Å². The third-order valence-corrected chi connectivity index (χ3v) is 3.72. The van der Waals surface area contributed by atoms with E-state index in [1.165, 1.54) is 0 Å². The molecule has 104 valence electrons. The number of likely N-dealkylation sites (tertiary alicyclic amines) is 1.